The lowest BCUT2D eigenvalue weighted by Crippen LogP contribution is -2.02. The van der Waals surface area contributed by atoms with E-state index in [2.05, 4.69) is 15.9 Å². The highest BCUT2D eigenvalue weighted by Gasteiger charge is 2.30. The van der Waals surface area contributed by atoms with Crippen molar-refractivity contribution in [2.24, 2.45) is 0 Å². The van der Waals surface area contributed by atoms with E-state index in [0.29, 0.717) is 29.2 Å². The van der Waals surface area contributed by atoms with E-state index in [1.807, 2.05) is 43.3 Å². The average molecular weight is 479 g/mol. The SMILES string of the molecule is COC(=O)c1ccc(COc2ccc3c(c2C)O/C(=C\c2cccc(Br)c2)C3=O)cc1. The standard InChI is InChI=1S/C25H19BrO5/c1-15-21(30-14-16-6-8-18(9-7-16)25(28)29-2)11-10-20-23(27)22(31-24(15)20)13-17-4-3-5-19(26)12-17/h3-13H,14H2,1-2H3/b22-13-. The fourth-order valence-corrected chi connectivity index (χ4v) is 3.71. The second-order valence-corrected chi connectivity index (χ2v) is 7.95. The maximum Gasteiger partial charge on any atom is 0.337 e. The van der Waals surface area contributed by atoms with Gasteiger partial charge in [0.1, 0.15) is 18.1 Å². The number of hydrogen-bond acceptors (Lipinski definition) is 5. The van der Waals surface area contributed by atoms with E-state index in [1.165, 1.54) is 7.11 Å². The van der Waals surface area contributed by atoms with Gasteiger partial charge in [0, 0.05) is 10.0 Å². The van der Waals surface area contributed by atoms with Crippen LogP contribution in [0.1, 0.15) is 37.4 Å². The topological polar surface area (TPSA) is 61.8 Å². The Morgan fingerprint density at radius 2 is 1.87 bits per heavy atom. The molecule has 1 heterocycles. The zero-order valence-corrected chi connectivity index (χ0v) is 18.6. The maximum atomic E-state index is 12.8. The van der Waals surface area contributed by atoms with Crippen LogP contribution in [-0.2, 0) is 11.3 Å². The Morgan fingerprint density at radius 1 is 1.10 bits per heavy atom. The number of halogens is 1. The molecular formula is C25H19BrO5. The van der Waals surface area contributed by atoms with Crippen molar-refractivity contribution >= 4 is 33.8 Å². The molecule has 0 atom stereocenters. The predicted octanol–water partition coefficient (Wildman–Crippen LogP) is 5.74. The number of benzene rings is 3. The van der Waals surface area contributed by atoms with Crippen LogP contribution in [0.5, 0.6) is 11.5 Å². The molecule has 0 saturated heterocycles. The Kier molecular flexibility index (Phi) is 5.91. The number of ether oxygens (including phenoxy) is 3. The van der Waals surface area contributed by atoms with E-state index >= 15 is 0 Å². The van der Waals surface area contributed by atoms with Gasteiger partial charge in [0.15, 0.2) is 5.76 Å². The van der Waals surface area contributed by atoms with Gasteiger partial charge in [0.2, 0.25) is 5.78 Å². The van der Waals surface area contributed by atoms with Crippen molar-refractivity contribution in [1.82, 2.24) is 0 Å². The van der Waals surface area contributed by atoms with E-state index < -0.39 is 0 Å². The monoisotopic (exact) mass is 478 g/mol. The molecule has 1 aliphatic heterocycles. The Hall–Kier alpha value is -3.38. The van der Waals surface area contributed by atoms with Crippen LogP contribution < -0.4 is 9.47 Å². The van der Waals surface area contributed by atoms with Crippen molar-refractivity contribution in [2.75, 3.05) is 7.11 Å². The summed E-state index contributed by atoms with van der Waals surface area (Å²) in [6, 6.07) is 18.2. The first-order valence-electron chi connectivity index (χ1n) is 9.59. The van der Waals surface area contributed by atoms with Crippen LogP contribution in [0.15, 0.2) is 70.9 Å². The molecule has 0 fully saturated rings. The summed E-state index contributed by atoms with van der Waals surface area (Å²) in [6.45, 7) is 2.18. The van der Waals surface area contributed by atoms with Crippen molar-refractivity contribution in [1.29, 1.82) is 0 Å². The second-order valence-electron chi connectivity index (χ2n) is 7.04. The molecule has 0 radical (unpaired) electrons. The lowest BCUT2D eigenvalue weighted by Gasteiger charge is -2.12. The van der Waals surface area contributed by atoms with Gasteiger partial charge in [-0.25, -0.2) is 4.79 Å². The molecule has 4 rings (SSSR count). The molecule has 5 nitrogen and oxygen atoms in total. The quantitative estimate of drug-likeness (QED) is 0.345. The summed E-state index contributed by atoms with van der Waals surface area (Å²) in [7, 11) is 1.35. The number of fused-ring (bicyclic) bond motifs is 1. The van der Waals surface area contributed by atoms with E-state index in [9.17, 15) is 9.59 Å². The largest absolute Gasteiger partial charge is 0.488 e. The number of esters is 1. The highest BCUT2D eigenvalue weighted by atomic mass is 79.9. The number of methoxy groups -OCH3 is 1. The molecule has 0 saturated carbocycles. The molecule has 0 bridgehead atoms. The van der Waals surface area contributed by atoms with Crippen molar-refractivity contribution in [3.63, 3.8) is 0 Å². The average Bonchev–Trinajstić information content (AvgIpc) is 3.09. The Labute approximate surface area is 188 Å². The third-order valence-electron chi connectivity index (χ3n) is 4.95. The molecule has 3 aromatic carbocycles. The fraction of sp³-hybridized carbons (Fsp3) is 0.120. The minimum absolute atomic E-state index is 0.150. The van der Waals surface area contributed by atoms with Crippen LogP contribution in [0.2, 0.25) is 0 Å². The summed E-state index contributed by atoms with van der Waals surface area (Å²) in [5, 5.41) is 0. The number of carbonyl (C=O) groups is 2. The summed E-state index contributed by atoms with van der Waals surface area (Å²) >= 11 is 3.43. The minimum atomic E-state index is -0.379. The van der Waals surface area contributed by atoms with Crippen LogP contribution >= 0.6 is 15.9 Å². The number of ketones is 1. The van der Waals surface area contributed by atoms with Gasteiger partial charge in [0.05, 0.1) is 18.2 Å². The van der Waals surface area contributed by atoms with Crippen LogP contribution in [0.4, 0.5) is 0 Å². The lowest BCUT2D eigenvalue weighted by atomic mass is 10.1. The number of hydrogen-bond donors (Lipinski definition) is 0. The van der Waals surface area contributed by atoms with Crippen molar-refractivity contribution in [2.45, 2.75) is 13.5 Å². The molecule has 1 aliphatic rings. The summed E-state index contributed by atoms with van der Waals surface area (Å²) in [6.07, 6.45) is 1.73. The lowest BCUT2D eigenvalue weighted by molar-refractivity contribution is 0.0600. The van der Waals surface area contributed by atoms with E-state index in [1.54, 1.807) is 30.3 Å². The molecule has 156 valence electrons. The molecule has 0 aromatic heterocycles. The zero-order chi connectivity index (χ0) is 22.0. The highest BCUT2D eigenvalue weighted by molar-refractivity contribution is 9.10. The van der Waals surface area contributed by atoms with E-state index in [0.717, 1.165) is 21.2 Å². The van der Waals surface area contributed by atoms with Crippen LogP contribution in [-0.4, -0.2) is 18.9 Å². The Balaban J connectivity index is 1.51. The van der Waals surface area contributed by atoms with Crippen LogP contribution in [0, 0.1) is 6.92 Å². The Morgan fingerprint density at radius 3 is 2.58 bits per heavy atom. The fourth-order valence-electron chi connectivity index (χ4n) is 3.29. The first kappa shape index (κ1) is 20.9. The van der Waals surface area contributed by atoms with Crippen molar-refractivity contribution in [3.05, 3.63) is 98.7 Å². The van der Waals surface area contributed by atoms with Gasteiger partial charge >= 0.3 is 5.97 Å². The summed E-state index contributed by atoms with van der Waals surface area (Å²) < 4.78 is 17.5. The molecule has 0 spiro atoms. The van der Waals surface area contributed by atoms with Crippen molar-refractivity contribution in [3.8, 4) is 11.5 Å². The highest BCUT2D eigenvalue weighted by Crippen LogP contribution is 2.39. The number of allylic oxidation sites excluding steroid dienone is 1. The maximum absolute atomic E-state index is 12.8. The van der Waals surface area contributed by atoms with Crippen molar-refractivity contribution < 1.29 is 23.8 Å². The number of Topliss-reactive ketones (excluding diaryl/α,β-unsaturated/α-hetero) is 1. The first-order chi connectivity index (χ1) is 15.0. The Bertz CT molecular complexity index is 1200. The van der Waals surface area contributed by atoms with E-state index in [4.69, 9.17) is 14.2 Å². The van der Waals surface area contributed by atoms with Gasteiger partial charge in [-0.1, -0.05) is 40.2 Å². The minimum Gasteiger partial charge on any atom is -0.488 e. The normalized spacial score (nSPS) is 13.6. The third-order valence-corrected chi connectivity index (χ3v) is 5.45. The molecule has 0 aliphatic carbocycles. The van der Waals surface area contributed by atoms with Gasteiger partial charge in [-0.05, 0) is 60.5 Å². The molecule has 6 heteroatoms. The van der Waals surface area contributed by atoms with Gasteiger partial charge in [0.25, 0.3) is 0 Å². The third kappa shape index (κ3) is 4.39. The molecular weight excluding hydrogens is 460 g/mol. The first-order valence-corrected chi connectivity index (χ1v) is 10.4. The molecule has 0 amide bonds. The number of carbonyl (C=O) groups excluding carboxylic acids is 2. The van der Waals surface area contributed by atoms with Crippen LogP contribution in [0.25, 0.3) is 6.08 Å². The second kappa shape index (κ2) is 8.78. The molecule has 31 heavy (non-hydrogen) atoms. The zero-order valence-electron chi connectivity index (χ0n) is 17.0. The van der Waals surface area contributed by atoms with E-state index in [-0.39, 0.29) is 17.5 Å². The predicted molar refractivity (Wildman–Crippen MR) is 120 cm³/mol. The van der Waals surface area contributed by atoms with Gasteiger partial charge in [-0.2, -0.15) is 0 Å². The number of rotatable bonds is 5. The summed E-state index contributed by atoms with van der Waals surface area (Å²) in [5.74, 6) is 0.905. The smallest absolute Gasteiger partial charge is 0.337 e. The van der Waals surface area contributed by atoms with Crippen LogP contribution in [0.3, 0.4) is 0 Å². The summed E-state index contributed by atoms with van der Waals surface area (Å²) in [4.78, 5) is 24.3. The van der Waals surface area contributed by atoms with Gasteiger partial charge in [-0.15, -0.1) is 0 Å². The summed E-state index contributed by atoms with van der Waals surface area (Å²) in [5.41, 5.74) is 3.54. The molecule has 0 unspecified atom stereocenters. The van der Waals surface area contributed by atoms with Gasteiger partial charge in [-0.3, -0.25) is 4.79 Å². The molecule has 3 aromatic rings. The molecule has 0 N–H and O–H groups in total. The van der Waals surface area contributed by atoms with Gasteiger partial charge < -0.3 is 14.2 Å².